The fourth-order valence-corrected chi connectivity index (χ4v) is 2.37. The predicted molar refractivity (Wildman–Crippen MR) is 47.8 cm³/mol. The number of halogens is 1. The summed E-state index contributed by atoms with van der Waals surface area (Å²) in [6.07, 6.45) is 5.60. The Morgan fingerprint density at radius 1 is 1.00 bits per heavy atom. The van der Waals surface area contributed by atoms with E-state index in [9.17, 15) is 4.39 Å². The summed E-state index contributed by atoms with van der Waals surface area (Å²) >= 11 is 0. The molecule has 0 spiro atoms. The van der Waals surface area contributed by atoms with Crippen LogP contribution in [0.15, 0.2) is 0 Å². The second kappa shape index (κ2) is 3.73. The third-order valence-corrected chi connectivity index (χ3v) is 3.36. The van der Waals surface area contributed by atoms with E-state index in [4.69, 9.17) is 0 Å². The van der Waals surface area contributed by atoms with E-state index in [0.717, 1.165) is 25.9 Å². The Hall–Kier alpha value is -0.110. The molecule has 1 atom stereocenters. The largest absolute Gasteiger partial charge is 0.316 e. The number of rotatable bonds is 2. The molecule has 1 aliphatic carbocycles. The van der Waals surface area contributed by atoms with Gasteiger partial charge < -0.3 is 5.32 Å². The lowest BCUT2D eigenvalue weighted by molar-refractivity contribution is 0.0878. The monoisotopic (exact) mass is 171 g/mol. The van der Waals surface area contributed by atoms with E-state index in [1.165, 1.54) is 19.3 Å². The molecular formula is C10H18FN. The Labute approximate surface area is 73.7 Å². The van der Waals surface area contributed by atoms with Gasteiger partial charge in [-0.15, -0.1) is 0 Å². The van der Waals surface area contributed by atoms with Crippen molar-refractivity contribution in [3.8, 4) is 0 Å². The second-order valence-corrected chi connectivity index (χ2v) is 4.26. The van der Waals surface area contributed by atoms with Crippen molar-refractivity contribution in [1.82, 2.24) is 5.32 Å². The Balaban J connectivity index is 1.80. The normalized spacial score (nSPS) is 29.8. The molecule has 1 aliphatic heterocycles. The maximum atomic E-state index is 13.7. The minimum absolute atomic E-state index is 0.341. The minimum Gasteiger partial charge on any atom is -0.316 e. The van der Waals surface area contributed by atoms with E-state index in [2.05, 4.69) is 5.32 Å². The van der Waals surface area contributed by atoms with Crippen LogP contribution in [0.3, 0.4) is 0 Å². The van der Waals surface area contributed by atoms with Gasteiger partial charge in [0.1, 0.15) is 6.17 Å². The molecule has 1 nitrogen and oxygen atoms in total. The second-order valence-electron chi connectivity index (χ2n) is 4.26. The zero-order valence-corrected chi connectivity index (χ0v) is 7.56. The summed E-state index contributed by atoms with van der Waals surface area (Å²) in [5.41, 5.74) is 0. The Morgan fingerprint density at radius 3 is 2.17 bits per heavy atom. The molecular weight excluding hydrogens is 153 g/mol. The summed E-state index contributed by atoms with van der Waals surface area (Å²) < 4.78 is 13.7. The first-order chi connectivity index (χ1) is 5.88. The molecule has 70 valence electrons. The van der Waals surface area contributed by atoms with Crippen molar-refractivity contribution in [1.29, 1.82) is 0 Å². The Kier molecular flexibility index (Phi) is 2.64. The van der Waals surface area contributed by atoms with Gasteiger partial charge in [-0.25, -0.2) is 4.39 Å². The van der Waals surface area contributed by atoms with Crippen LogP contribution in [0.4, 0.5) is 4.39 Å². The van der Waals surface area contributed by atoms with E-state index in [-0.39, 0.29) is 0 Å². The van der Waals surface area contributed by atoms with Gasteiger partial charge in [-0.3, -0.25) is 0 Å². The van der Waals surface area contributed by atoms with Crippen LogP contribution in [0.2, 0.25) is 0 Å². The van der Waals surface area contributed by atoms with Gasteiger partial charge in [-0.05, 0) is 18.8 Å². The number of hydrogen-bond donors (Lipinski definition) is 1. The van der Waals surface area contributed by atoms with Crippen LogP contribution in [-0.2, 0) is 0 Å². The van der Waals surface area contributed by atoms with E-state index < -0.39 is 6.17 Å². The maximum absolute atomic E-state index is 13.7. The summed E-state index contributed by atoms with van der Waals surface area (Å²) in [4.78, 5) is 0. The summed E-state index contributed by atoms with van der Waals surface area (Å²) in [6, 6.07) is 0. The molecule has 0 bridgehead atoms. The van der Waals surface area contributed by atoms with Gasteiger partial charge in [-0.2, -0.15) is 0 Å². The highest BCUT2D eigenvalue weighted by molar-refractivity contribution is 4.86. The van der Waals surface area contributed by atoms with Crippen molar-refractivity contribution in [2.24, 2.45) is 11.8 Å². The third kappa shape index (κ3) is 1.63. The zero-order chi connectivity index (χ0) is 8.39. The summed E-state index contributed by atoms with van der Waals surface area (Å²) in [5, 5.41) is 3.14. The zero-order valence-electron chi connectivity index (χ0n) is 7.56. The van der Waals surface area contributed by atoms with Crippen LogP contribution < -0.4 is 5.32 Å². The van der Waals surface area contributed by atoms with Crippen molar-refractivity contribution >= 4 is 0 Å². The molecule has 12 heavy (non-hydrogen) atoms. The van der Waals surface area contributed by atoms with Crippen LogP contribution in [0, 0.1) is 11.8 Å². The fraction of sp³-hybridized carbons (Fsp3) is 1.00. The van der Waals surface area contributed by atoms with Gasteiger partial charge in [0.15, 0.2) is 0 Å². The Morgan fingerprint density at radius 2 is 1.67 bits per heavy atom. The molecule has 1 saturated carbocycles. The highest BCUT2D eigenvalue weighted by Crippen LogP contribution is 2.32. The lowest BCUT2D eigenvalue weighted by Crippen LogP contribution is -2.49. The first-order valence-corrected chi connectivity index (χ1v) is 5.22. The molecule has 1 saturated heterocycles. The molecule has 1 unspecified atom stereocenters. The van der Waals surface area contributed by atoms with Crippen LogP contribution in [-0.4, -0.2) is 19.3 Å². The summed E-state index contributed by atoms with van der Waals surface area (Å²) in [5.74, 6) is 0.735. The molecule has 2 fully saturated rings. The first kappa shape index (κ1) is 8.49. The highest BCUT2D eigenvalue weighted by atomic mass is 19.1. The lowest BCUT2D eigenvalue weighted by Gasteiger charge is -2.36. The molecule has 0 aromatic heterocycles. The number of alkyl halides is 1. The van der Waals surface area contributed by atoms with Crippen molar-refractivity contribution in [3.05, 3.63) is 0 Å². The van der Waals surface area contributed by atoms with Gasteiger partial charge in [0.25, 0.3) is 0 Å². The highest BCUT2D eigenvalue weighted by Gasteiger charge is 2.33. The molecule has 1 N–H and O–H groups in total. The molecule has 2 aliphatic rings. The quantitative estimate of drug-likeness (QED) is 0.671. The van der Waals surface area contributed by atoms with Crippen molar-refractivity contribution in [2.45, 2.75) is 38.3 Å². The topological polar surface area (TPSA) is 12.0 Å². The van der Waals surface area contributed by atoms with Crippen LogP contribution in [0.5, 0.6) is 0 Å². The van der Waals surface area contributed by atoms with Crippen LogP contribution in [0.1, 0.15) is 32.1 Å². The van der Waals surface area contributed by atoms with E-state index in [1.54, 1.807) is 0 Å². The van der Waals surface area contributed by atoms with Gasteiger partial charge in [0, 0.05) is 19.0 Å². The molecule has 2 heteroatoms. The van der Waals surface area contributed by atoms with Gasteiger partial charge in [-0.1, -0.05) is 19.3 Å². The van der Waals surface area contributed by atoms with Crippen LogP contribution in [0.25, 0.3) is 0 Å². The molecule has 0 aromatic carbocycles. The van der Waals surface area contributed by atoms with Gasteiger partial charge in [0.05, 0.1) is 0 Å². The summed E-state index contributed by atoms with van der Waals surface area (Å²) in [6.45, 7) is 1.83. The van der Waals surface area contributed by atoms with Crippen molar-refractivity contribution < 1.29 is 4.39 Å². The molecule has 2 rings (SSSR count). The number of hydrogen-bond acceptors (Lipinski definition) is 1. The predicted octanol–water partition coefficient (Wildman–Crippen LogP) is 2.12. The average molecular weight is 171 g/mol. The van der Waals surface area contributed by atoms with Crippen molar-refractivity contribution in [3.63, 3.8) is 0 Å². The molecule has 0 aromatic rings. The van der Waals surface area contributed by atoms with E-state index in [0.29, 0.717) is 11.8 Å². The van der Waals surface area contributed by atoms with E-state index in [1.807, 2.05) is 0 Å². The van der Waals surface area contributed by atoms with Gasteiger partial charge >= 0.3 is 0 Å². The fourth-order valence-electron chi connectivity index (χ4n) is 2.37. The Bertz CT molecular complexity index is 139. The third-order valence-electron chi connectivity index (χ3n) is 3.36. The standard InChI is InChI=1S/C10H18FN/c11-10(9-6-12-7-9)8-4-2-1-3-5-8/h8-10,12H,1-7H2. The molecule has 1 heterocycles. The first-order valence-electron chi connectivity index (χ1n) is 5.22. The lowest BCUT2D eigenvalue weighted by atomic mass is 9.79. The van der Waals surface area contributed by atoms with Crippen LogP contribution >= 0.6 is 0 Å². The van der Waals surface area contributed by atoms with Gasteiger partial charge in [0.2, 0.25) is 0 Å². The van der Waals surface area contributed by atoms with Crippen molar-refractivity contribution in [2.75, 3.05) is 13.1 Å². The smallest absolute Gasteiger partial charge is 0.108 e. The average Bonchev–Trinajstić information content (AvgIpc) is 2.03. The SMILES string of the molecule is FC(C1CCCCC1)C1CNC1. The molecule has 0 radical (unpaired) electrons. The summed E-state index contributed by atoms with van der Waals surface area (Å²) in [7, 11) is 0. The molecule has 0 amide bonds. The minimum atomic E-state index is -0.508. The number of nitrogens with one attached hydrogen (secondary N) is 1. The van der Waals surface area contributed by atoms with E-state index >= 15 is 0 Å². The maximum Gasteiger partial charge on any atom is 0.108 e.